The molecule has 0 radical (unpaired) electrons. The van der Waals surface area contributed by atoms with E-state index in [1.165, 1.54) is 0 Å². The summed E-state index contributed by atoms with van der Waals surface area (Å²) >= 11 is 0. The first-order chi connectivity index (χ1) is 7.16. The molecule has 0 amide bonds. The average molecular weight is 215 g/mol. The molecule has 2 N–H and O–H groups in total. The second kappa shape index (κ2) is 6.08. The van der Waals surface area contributed by atoms with Crippen LogP contribution in [-0.4, -0.2) is 31.3 Å². The van der Waals surface area contributed by atoms with Crippen LogP contribution in [0.15, 0.2) is 0 Å². The van der Waals surface area contributed by atoms with Gasteiger partial charge in [-0.25, -0.2) is 0 Å². The minimum atomic E-state index is -0.303. The van der Waals surface area contributed by atoms with E-state index in [1.54, 1.807) is 0 Å². The Balaban J connectivity index is 2.12. The molecule has 0 aromatic rings. The first-order valence-electron chi connectivity index (χ1n) is 5.68. The van der Waals surface area contributed by atoms with Gasteiger partial charge in [0.15, 0.2) is 0 Å². The maximum absolute atomic E-state index is 11.4. The molecule has 1 saturated carbocycles. The lowest BCUT2D eigenvalue weighted by Crippen LogP contribution is -2.39. The summed E-state index contributed by atoms with van der Waals surface area (Å²) < 4.78 is 10.1. The van der Waals surface area contributed by atoms with Gasteiger partial charge in [0, 0.05) is 12.1 Å². The Bertz CT molecular complexity index is 200. The third-order valence-corrected chi connectivity index (χ3v) is 2.79. The molecule has 0 unspecified atom stereocenters. The monoisotopic (exact) mass is 215 g/mol. The van der Waals surface area contributed by atoms with E-state index in [-0.39, 0.29) is 11.5 Å². The Labute approximate surface area is 91.1 Å². The largest absolute Gasteiger partial charge is 0.463 e. The van der Waals surface area contributed by atoms with Crippen molar-refractivity contribution in [2.75, 3.05) is 19.8 Å². The molecule has 1 rings (SSSR count). The van der Waals surface area contributed by atoms with Crippen LogP contribution in [-0.2, 0) is 14.3 Å². The van der Waals surface area contributed by atoms with Gasteiger partial charge in [-0.2, -0.15) is 0 Å². The van der Waals surface area contributed by atoms with Crippen molar-refractivity contribution in [3.8, 4) is 0 Å². The zero-order valence-corrected chi connectivity index (χ0v) is 9.46. The van der Waals surface area contributed by atoms with E-state index >= 15 is 0 Å². The van der Waals surface area contributed by atoms with Crippen LogP contribution in [0.25, 0.3) is 0 Å². The van der Waals surface area contributed by atoms with E-state index < -0.39 is 0 Å². The molecule has 0 heterocycles. The van der Waals surface area contributed by atoms with Crippen molar-refractivity contribution in [3.05, 3.63) is 0 Å². The maximum Gasteiger partial charge on any atom is 0.307 e. The van der Waals surface area contributed by atoms with Gasteiger partial charge in [0.2, 0.25) is 0 Å². The zero-order chi connectivity index (χ0) is 11.1. The van der Waals surface area contributed by atoms with E-state index in [4.69, 9.17) is 15.2 Å². The second-order valence-corrected chi connectivity index (χ2v) is 4.16. The van der Waals surface area contributed by atoms with Crippen LogP contribution >= 0.6 is 0 Å². The highest BCUT2D eigenvalue weighted by Gasteiger charge is 2.32. The molecule has 4 nitrogen and oxygen atoms in total. The number of ether oxygens (including phenoxy) is 2. The van der Waals surface area contributed by atoms with Crippen molar-refractivity contribution >= 4 is 5.97 Å². The molecule has 1 aliphatic carbocycles. The molecule has 0 aliphatic heterocycles. The molecule has 15 heavy (non-hydrogen) atoms. The fourth-order valence-corrected chi connectivity index (χ4v) is 1.95. The highest BCUT2D eigenvalue weighted by atomic mass is 16.6. The third kappa shape index (κ3) is 4.62. The molecule has 4 heteroatoms. The fraction of sp³-hybridized carbons (Fsp3) is 0.909. The van der Waals surface area contributed by atoms with Gasteiger partial charge in [0.1, 0.15) is 6.61 Å². The Kier molecular flexibility index (Phi) is 5.05. The molecule has 0 aromatic heterocycles. The van der Waals surface area contributed by atoms with Crippen LogP contribution < -0.4 is 5.73 Å². The zero-order valence-electron chi connectivity index (χ0n) is 9.46. The molecule has 1 fully saturated rings. The van der Waals surface area contributed by atoms with Crippen molar-refractivity contribution in [2.24, 2.45) is 5.73 Å². The summed E-state index contributed by atoms with van der Waals surface area (Å²) in [6.07, 6.45) is 4.48. The predicted octanol–water partition coefficient (Wildman–Crippen LogP) is 1.23. The van der Waals surface area contributed by atoms with Crippen molar-refractivity contribution in [1.82, 2.24) is 0 Å². The Morgan fingerprint density at radius 3 is 2.60 bits per heavy atom. The quantitative estimate of drug-likeness (QED) is 0.534. The minimum absolute atomic E-state index is 0.195. The summed E-state index contributed by atoms with van der Waals surface area (Å²) in [6, 6.07) is 0. The number of carbonyl (C=O) groups excluding carboxylic acids is 1. The number of rotatable bonds is 6. The normalized spacial score (nSPS) is 19.1. The van der Waals surface area contributed by atoms with Crippen LogP contribution in [0, 0.1) is 0 Å². The van der Waals surface area contributed by atoms with Gasteiger partial charge < -0.3 is 15.2 Å². The van der Waals surface area contributed by atoms with Crippen LogP contribution in [0.3, 0.4) is 0 Å². The number of carbonyl (C=O) groups is 1. The lowest BCUT2D eigenvalue weighted by molar-refractivity contribution is -0.146. The summed E-state index contributed by atoms with van der Waals surface area (Å²) in [5.74, 6) is -0.195. The highest BCUT2D eigenvalue weighted by Crippen LogP contribution is 2.30. The van der Waals surface area contributed by atoms with Gasteiger partial charge >= 0.3 is 5.97 Å². The van der Waals surface area contributed by atoms with Crippen LogP contribution in [0.5, 0.6) is 0 Å². The van der Waals surface area contributed by atoms with Crippen LogP contribution in [0.4, 0.5) is 0 Å². The number of nitrogens with two attached hydrogens (primary N) is 1. The molecule has 0 atom stereocenters. The molecule has 0 aromatic carbocycles. The molecular weight excluding hydrogens is 194 g/mol. The summed E-state index contributed by atoms with van der Waals surface area (Å²) in [7, 11) is 0. The van der Waals surface area contributed by atoms with Crippen LogP contribution in [0.1, 0.15) is 39.0 Å². The minimum Gasteiger partial charge on any atom is -0.463 e. The van der Waals surface area contributed by atoms with Crippen molar-refractivity contribution < 1.29 is 14.3 Å². The molecule has 1 aliphatic rings. The molecule has 0 saturated heterocycles. The van der Waals surface area contributed by atoms with Gasteiger partial charge in [-0.1, -0.05) is 12.8 Å². The highest BCUT2D eigenvalue weighted by molar-refractivity contribution is 5.70. The van der Waals surface area contributed by atoms with Crippen molar-refractivity contribution in [1.29, 1.82) is 0 Å². The third-order valence-electron chi connectivity index (χ3n) is 2.79. The lowest BCUT2D eigenvalue weighted by atomic mass is 9.95. The topological polar surface area (TPSA) is 61.5 Å². The molecule has 88 valence electrons. The maximum atomic E-state index is 11.4. The number of hydrogen-bond acceptors (Lipinski definition) is 4. The van der Waals surface area contributed by atoms with E-state index in [2.05, 4.69) is 0 Å². The van der Waals surface area contributed by atoms with Crippen molar-refractivity contribution in [3.63, 3.8) is 0 Å². The van der Waals surface area contributed by atoms with Crippen molar-refractivity contribution in [2.45, 2.75) is 44.6 Å². The van der Waals surface area contributed by atoms with E-state index in [0.29, 0.717) is 26.2 Å². The average Bonchev–Trinajstić information content (AvgIpc) is 2.59. The first kappa shape index (κ1) is 12.5. The molecule has 0 bridgehead atoms. The summed E-state index contributed by atoms with van der Waals surface area (Å²) in [5, 5.41) is 0. The molecular formula is C11H21NO3. The van der Waals surface area contributed by atoms with Gasteiger partial charge in [0.25, 0.3) is 0 Å². The van der Waals surface area contributed by atoms with E-state index in [0.717, 1.165) is 25.7 Å². The summed E-state index contributed by atoms with van der Waals surface area (Å²) in [4.78, 5) is 11.4. The SMILES string of the molecule is CCOCCOC(=O)CC1(N)CCCC1. The van der Waals surface area contributed by atoms with Gasteiger partial charge in [0.05, 0.1) is 13.0 Å². The Morgan fingerprint density at radius 2 is 2.00 bits per heavy atom. The lowest BCUT2D eigenvalue weighted by Gasteiger charge is -2.21. The summed E-state index contributed by atoms with van der Waals surface area (Å²) in [6.45, 7) is 3.37. The smallest absolute Gasteiger partial charge is 0.307 e. The standard InChI is InChI=1S/C11H21NO3/c1-2-14-7-8-15-10(13)9-11(12)5-3-4-6-11/h2-9,12H2,1H3. The first-order valence-corrected chi connectivity index (χ1v) is 5.68. The molecule has 0 spiro atoms. The van der Waals surface area contributed by atoms with E-state index in [9.17, 15) is 4.79 Å². The Morgan fingerprint density at radius 1 is 1.33 bits per heavy atom. The van der Waals surface area contributed by atoms with Gasteiger partial charge in [-0.15, -0.1) is 0 Å². The number of esters is 1. The van der Waals surface area contributed by atoms with E-state index in [1.807, 2.05) is 6.92 Å². The number of hydrogen-bond donors (Lipinski definition) is 1. The Hall–Kier alpha value is -0.610. The summed E-state index contributed by atoms with van der Waals surface area (Å²) in [5.41, 5.74) is 5.76. The van der Waals surface area contributed by atoms with Gasteiger partial charge in [-0.05, 0) is 19.8 Å². The fourth-order valence-electron chi connectivity index (χ4n) is 1.95. The predicted molar refractivity (Wildman–Crippen MR) is 57.5 cm³/mol. The second-order valence-electron chi connectivity index (χ2n) is 4.16. The van der Waals surface area contributed by atoms with Crippen LogP contribution in [0.2, 0.25) is 0 Å². The van der Waals surface area contributed by atoms with Gasteiger partial charge in [-0.3, -0.25) is 4.79 Å².